The second-order valence-corrected chi connectivity index (χ2v) is 6.92. The quantitative estimate of drug-likeness (QED) is 0.805. The van der Waals surface area contributed by atoms with Crippen molar-refractivity contribution in [3.8, 4) is 0 Å². The van der Waals surface area contributed by atoms with Crippen LogP contribution in [0.5, 0.6) is 0 Å². The van der Waals surface area contributed by atoms with E-state index in [-0.39, 0.29) is 0 Å². The standard InChI is InChI=1S/C18H25N/c1-3-13-7-8-14-16(10-13)18-9-5-4-6-15(18)12(2)19-11-17(14)18/h7-8,10,12,15,17,19H,3-6,9,11H2,1-2H3. The Morgan fingerprint density at radius 3 is 3.05 bits per heavy atom. The molecule has 4 unspecified atom stereocenters. The first-order valence-electron chi connectivity index (χ1n) is 8.14. The monoisotopic (exact) mass is 255 g/mol. The van der Waals surface area contributed by atoms with Gasteiger partial charge in [-0.3, -0.25) is 0 Å². The minimum Gasteiger partial charge on any atom is -0.313 e. The third-order valence-corrected chi connectivity index (χ3v) is 6.29. The summed E-state index contributed by atoms with van der Waals surface area (Å²) < 4.78 is 0. The van der Waals surface area contributed by atoms with E-state index in [4.69, 9.17) is 0 Å². The molecule has 102 valence electrons. The minimum absolute atomic E-state index is 0.545. The van der Waals surface area contributed by atoms with Gasteiger partial charge >= 0.3 is 0 Å². The largest absolute Gasteiger partial charge is 0.313 e. The molecule has 2 fully saturated rings. The normalized spacial score (nSPS) is 39.8. The number of piperidine rings is 1. The van der Waals surface area contributed by atoms with Crippen LogP contribution in [-0.2, 0) is 11.8 Å². The lowest BCUT2D eigenvalue weighted by molar-refractivity contribution is 0.0514. The van der Waals surface area contributed by atoms with Crippen molar-refractivity contribution in [2.24, 2.45) is 5.92 Å². The van der Waals surface area contributed by atoms with E-state index in [0.29, 0.717) is 11.5 Å². The van der Waals surface area contributed by atoms with Gasteiger partial charge in [0.1, 0.15) is 0 Å². The van der Waals surface area contributed by atoms with Gasteiger partial charge in [-0.05, 0) is 48.8 Å². The summed E-state index contributed by atoms with van der Waals surface area (Å²) in [5.74, 6) is 1.68. The summed E-state index contributed by atoms with van der Waals surface area (Å²) in [6, 6.07) is 8.02. The van der Waals surface area contributed by atoms with E-state index in [9.17, 15) is 0 Å². The average Bonchev–Trinajstić information content (AvgIpc) is 2.46. The molecule has 3 aliphatic rings. The Hall–Kier alpha value is -0.820. The molecule has 1 heterocycles. The van der Waals surface area contributed by atoms with Gasteiger partial charge in [0.25, 0.3) is 0 Å². The number of hydrogen-bond donors (Lipinski definition) is 1. The van der Waals surface area contributed by atoms with Crippen molar-refractivity contribution in [1.82, 2.24) is 5.32 Å². The second-order valence-electron chi connectivity index (χ2n) is 6.92. The van der Waals surface area contributed by atoms with E-state index in [1.807, 2.05) is 0 Å². The van der Waals surface area contributed by atoms with Crippen LogP contribution in [0.15, 0.2) is 18.2 Å². The zero-order chi connectivity index (χ0) is 13.0. The highest BCUT2D eigenvalue weighted by molar-refractivity contribution is 5.54. The van der Waals surface area contributed by atoms with E-state index < -0.39 is 0 Å². The molecule has 1 nitrogen and oxygen atoms in total. The fraction of sp³-hybridized carbons (Fsp3) is 0.667. The molecule has 0 bridgehead atoms. The first-order chi connectivity index (χ1) is 9.27. The number of rotatable bonds is 1. The van der Waals surface area contributed by atoms with Crippen LogP contribution in [-0.4, -0.2) is 12.6 Å². The molecule has 0 aromatic heterocycles. The predicted molar refractivity (Wildman–Crippen MR) is 79.7 cm³/mol. The lowest BCUT2D eigenvalue weighted by atomic mass is 9.44. The highest BCUT2D eigenvalue weighted by atomic mass is 15.0. The van der Waals surface area contributed by atoms with Crippen molar-refractivity contribution in [3.05, 3.63) is 34.9 Å². The van der Waals surface area contributed by atoms with Gasteiger partial charge in [0, 0.05) is 23.9 Å². The first-order valence-corrected chi connectivity index (χ1v) is 8.14. The van der Waals surface area contributed by atoms with E-state index in [1.54, 1.807) is 11.1 Å². The Morgan fingerprint density at radius 1 is 1.32 bits per heavy atom. The van der Waals surface area contributed by atoms with Gasteiger partial charge < -0.3 is 5.32 Å². The first kappa shape index (κ1) is 12.0. The summed E-state index contributed by atoms with van der Waals surface area (Å²) in [6.45, 7) is 5.89. The van der Waals surface area contributed by atoms with Crippen LogP contribution in [0.1, 0.15) is 62.1 Å². The summed E-state index contributed by atoms with van der Waals surface area (Å²) in [7, 11) is 0. The van der Waals surface area contributed by atoms with Crippen LogP contribution >= 0.6 is 0 Å². The summed E-state index contributed by atoms with van der Waals surface area (Å²) in [5, 5.41) is 3.78. The number of hydrogen-bond acceptors (Lipinski definition) is 1. The van der Waals surface area contributed by atoms with Crippen molar-refractivity contribution in [2.45, 2.75) is 63.3 Å². The van der Waals surface area contributed by atoms with Gasteiger partial charge in [0.15, 0.2) is 0 Å². The molecule has 1 heteroatoms. The molecule has 1 spiro atoms. The summed E-state index contributed by atoms with van der Waals surface area (Å²) in [6.07, 6.45) is 6.92. The maximum Gasteiger partial charge on any atom is 0.00797 e. The van der Waals surface area contributed by atoms with Crippen molar-refractivity contribution >= 4 is 0 Å². The number of fused-ring (bicyclic) bond motifs is 2. The second kappa shape index (κ2) is 4.09. The molecule has 4 rings (SSSR count). The van der Waals surface area contributed by atoms with Crippen molar-refractivity contribution in [2.75, 3.05) is 6.54 Å². The highest BCUT2D eigenvalue weighted by Gasteiger charge is 2.59. The smallest absolute Gasteiger partial charge is 0.00797 e. The van der Waals surface area contributed by atoms with Crippen LogP contribution in [0.2, 0.25) is 0 Å². The molecule has 1 saturated carbocycles. The molecule has 0 radical (unpaired) electrons. The topological polar surface area (TPSA) is 12.0 Å². The van der Waals surface area contributed by atoms with E-state index in [1.165, 1.54) is 44.2 Å². The van der Waals surface area contributed by atoms with Crippen LogP contribution in [0.4, 0.5) is 0 Å². The molecule has 1 N–H and O–H groups in total. The molecule has 4 atom stereocenters. The summed E-state index contributed by atoms with van der Waals surface area (Å²) in [4.78, 5) is 0. The van der Waals surface area contributed by atoms with Gasteiger partial charge in [0.05, 0.1) is 0 Å². The molecule has 1 aromatic rings. The number of benzene rings is 1. The van der Waals surface area contributed by atoms with Gasteiger partial charge in [0.2, 0.25) is 0 Å². The SMILES string of the molecule is CCc1ccc2c(c1)C13CCCCC1C(C)NCC23. The van der Waals surface area contributed by atoms with E-state index in [2.05, 4.69) is 37.4 Å². The lowest BCUT2D eigenvalue weighted by Gasteiger charge is -2.62. The molecule has 1 saturated heterocycles. The number of nitrogens with one attached hydrogen (secondary N) is 1. The molecule has 1 aromatic carbocycles. The van der Waals surface area contributed by atoms with E-state index in [0.717, 1.165) is 11.8 Å². The fourth-order valence-electron chi connectivity index (χ4n) is 5.34. The van der Waals surface area contributed by atoms with Crippen molar-refractivity contribution in [1.29, 1.82) is 0 Å². The summed E-state index contributed by atoms with van der Waals surface area (Å²) >= 11 is 0. The Morgan fingerprint density at radius 2 is 2.21 bits per heavy atom. The Balaban J connectivity index is 1.84. The van der Waals surface area contributed by atoms with Gasteiger partial charge in [-0.1, -0.05) is 38.0 Å². The maximum atomic E-state index is 3.78. The van der Waals surface area contributed by atoms with Gasteiger partial charge in [-0.25, -0.2) is 0 Å². The molecule has 2 aliphatic carbocycles. The van der Waals surface area contributed by atoms with Gasteiger partial charge in [-0.2, -0.15) is 0 Å². The van der Waals surface area contributed by atoms with Crippen LogP contribution < -0.4 is 5.32 Å². The van der Waals surface area contributed by atoms with Crippen LogP contribution in [0, 0.1) is 5.92 Å². The predicted octanol–water partition coefficient (Wildman–Crippen LogP) is 3.77. The van der Waals surface area contributed by atoms with Crippen LogP contribution in [0.3, 0.4) is 0 Å². The van der Waals surface area contributed by atoms with Crippen molar-refractivity contribution < 1.29 is 0 Å². The molecular weight excluding hydrogens is 230 g/mol. The third-order valence-electron chi connectivity index (χ3n) is 6.29. The Labute approximate surface area is 116 Å². The average molecular weight is 255 g/mol. The number of aryl methyl sites for hydroxylation is 1. The zero-order valence-corrected chi connectivity index (χ0v) is 12.2. The molecule has 19 heavy (non-hydrogen) atoms. The highest BCUT2D eigenvalue weighted by Crippen LogP contribution is 2.63. The molecular formula is C18H25N. The third kappa shape index (κ3) is 1.40. The maximum absolute atomic E-state index is 3.78. The van der Waals surface area contributed by atoms with Crippen LogP contribution in [0.25, 0.3) is 0 Å². The minimum atomic E-state index is 0.545. The molecule has 1 aliphatic heterocycles. The zero-order valence-electron chi connectivity index (χ0n) is 12.2. The summed E-state index contributed by atoms with van der Waals surface area (Å²) in [5.41, 5.74) is 5.46. The van der Waals surface area contributed by atoms with E-state index >= 15 is 0 Å². The molecule has 0 amide bonds. The fourth-order valence-corrected chi connectivity index (χ4v) is 5.34. The van der Waals surface area contributed by atoms with Gasteiger partial charge in [-0.15, -0.1) is 0 Å². The Kier molecular flexibility index (Phi) is 2.57. The Bertz CT molecular complexity index is 506. The van der Waals surface area contributed by atoms with Crippen molar-refractivity contribution in [3.63, 3.8) is 0 Å². The lowest BCUT2D eigenvalue weighted by Crippen LogP contribution is -2.63.